The maximum absolute atomic E-state index is 12.6. The van der Waals surface area contributed by atoms with E-state index in [9.17, 15) is 9.59 Å². The Kier molecular flexibility index (Phi) is 7.67. The summed E-state index contributed by atoms with van der Waals surface area (Å²) >= 11 is 6.54. The molecule has 0 bridgehead atoms. The smallest absolute Gasteiger partial charge is 0.255 e. The van der Waals surface area contributed by atoms with Crippen LogP contribution in [0.25, 0.3) is 0 Å². The number of carbonyl (C=O) groups is 2. The number of amides is 2. The number of hydrogen-bond acceptors (Lipinski definition) is 4. The van der Waals surface area contributed by atoms with E-state index < -0.39 is 0 Å². The minimum Gasteiger partial charge on any atom is -0.494 e. The number of nitrogens with zero attached hydrogens (tertiary/aromatic N) is 2. The van der Waals surface area contributed by atoms with Crippen molar-refractivity contribution in [2.45, 2.75) is 34.1 Å². The molecule has 1 N–H and O–H groups in total. The highest BCUT2D eigenvalue weighted by atomic mass is 35.5. The summed E-state index contributed by atoms with van der Waals surface area (Å²) in [7, 11) is 0. The van der Waals surface area contributed by atoms with Gasteiger partial charge in [0.2, 0.25) is 5.91 Å². The Morgan fingerprint density at radius 1 is 1.03 bits per heavy atom. The van der Waals surface area contributed by atoms with Gasteiger partial charge in [0.25, 0.3) is 5.91 Å². The van der Waals surface area contributed by atoms with Gasteiger partial charge in [-0.3, -0.25) is 9.59 Å². The largest absolute Gasteiger partial charge is 0.494 e. The van der Waals surface area contributed by atoms with Crippen LogP contribution in [0.3, 0.4) is 0 Å². The number of piperazine rings is 1. The second-order valence-electron chi connectivity index (χ2n) is 9.02. The molecule has 2 aromatic rings. The second kappa shape index (κ2) is 10.3. The van der Waals surface area contributed by atoms with Crippen LogP contribution in [0.4, 0.5) is 11.4 Å². The number of benzene rings is 2. The monoisotopic (exact) mass is 457 g/mol. The van der Waals surface area contributed by atoms with Crippen molar-refractivity contribution in [2.24, 2.45) is 5.41 Å². The molecule has 172 valence electrons. The van der Waals surface area contributed by atoms with E-state index in [1.807, 2.05) is 44.7 Å². The van der Waals surface area contributed by atoms with E-state index in [-0.39, 0.29) is 17.2 Å². The van der Waals surface area contributed by atoms with Crippen LogP contribution in [0.15, 0.2) is 42.5 Å². The molecule has 1 fully saturated rings. The number of halogens is 1. The summed E-state index contributed by atoms with van der Waals surface area (Å²) in [4.78, 5) is 29.2. The molecular formula is C25H32ClN3O3. The van der Waals surface area contributed by atoms with Crippen LogP contribution in [0.1, 0.15) is 44.5 Å². The highest BCUT2D eigenvalue weighted by molar-refractivity contribution is 6.33. The Morgan fingerprint density at radius 2 is 1.69 bits per heavy atom. The molecule has 32 heavy (non-hydrogen) atoms. The van der Waals surface area contributed by atoms with E-state index in [1.54, 1.807) is 30.3 Å². The van der Waals surface area contributed by atoms with Gasteiger partial charge in [0.15, 0.2) is 0 Å². The van der Waals surface area contributed by atoms with Crippen LogP contribution in [0.2, 0.25) is 5.02 Å². The topological polar surface area (TPSA) is 61.9 Å². The number of nitrogens with one attached hydrogen (secondary N) is 1. The van der Waals surface area contributed by atoms with E-state index in [1.165, 1.54) is 0 Å². The lowest BCUT2D eigenvalue weighted by Gasteiger charge is -2.39. The summed E-state index contributed by atoms with van der Waals surface area (Å²) < 4.78 is 5.56. The number of anilines is 2. The average Bonchev–Trinajstić information content (AvgIpc) is 2.77. The lowest BCUT2D eigenvalue weighted by atomic mass is 9.94. The highest BCUT2D eigenvalue weighted by Crippen LogP contribution is 2.30. The van der Waals surface area contributed by atoms with Crippen LogP contribution in [0, 0.1) is 5.41 Å². The normalized spacial score (nSPS) is 14.3. The van der Waals surface area contributed by atoms with Crippen molar-refractivity contribution in [1.29, 1.82) is 0 Å². The van der Waals surface area contributed by atoms with Gasteiger partial charge in [-0.2, -0.15) is 0 Å². The molecular weight excluding hydrogens is 426 g/mol. The van der Waals surface area contributed by atoms with Crippen molar-refractivity contribution in [3.05, 3.63) is 53.1 Å². The van der Waals surface area contributed by atoms with Crippen LogP contribution >= 0.6 is 11.6 Å². The molecule has 2 aromatic carbocycles. The van der Waals surface area contributed by atoms with Crippen LogP contribution < -0.4 is 15.0 Å². The lowest BCUT2D eigenvalue weighted by molar-refractivity contribution is -0.139. The second-order valence-corrected chi connectivity index (χ2v) is 9.43. The zero-order chi connectivity index (χ0) is 23.3. The fraction of sp³-hybridized carbons (Fsp3) is 0.440. The quantitative estimate of drug-likeness (QED) is 0.657. The molecule has 3 rings (SSSR count). The fourth-order valence-corrected chi connectivity index (χ4v) is 3.89. The lowest BCUT2D eigenvalue weighted by Crippen LogP contribution is -2.51. The summed E-state index contributed by atoms with van der Waals surface area (Å²) in [5, 5.41) is 3.47. The summed E-state index contributed by atoms with van der Waals surface area (Å²) in [6.45, 7) is 11.3. The molecule has 0 spiro atoms. The molecule has 6 nitrogen and oxygen atoms in total. The molecule has 1 aliphatic heterocycles. The maximum atomic E-state index is 12.6. The van der Waals surface area contributed by atoms with E-state index >= 15 is 0 Å². The Labute approximate surface area is 195 Å². The molecule has 1 aliphatic rings. The summed E-state index contributed by atoms with van der Waals surface area (Å²) in [5.74, 6) is 0.719. The summed E-state index contributed by atoms with van der Waals surface area (Å²) in [5.41, 5.74) is 1.72. The molecule has 0 aliphatic carbocycles. The molecule has 0 aromatic heterocycles. The SMILES string of the molecule is CCCOc1ccc(C(=O)Nc2ccc(N3CCN(C(=O)C(C)(C)C)CC3)c(Cl)c2)cc1. The van der Waals surface area contributed by atoms with Crippen molar-refractivity contribution >= 4 is 34.8 Å². The van der Waals surface area contributed by atoms with Gasteiger partial charge in [-0.25, -0.2) is 0 Å². The van der Waals surface area contributed by atoms with E-state index in [2.05, 4.69) is 10.2 Å². The fourth-order valence-electron chi connectivity index (χ4n) is 3.59. The third-order valence-corrected chi connectivity index (χ3v) is 5.65. The molecule has 1 saturated heterocycles. The molecule has 0 saturated carbocycles. The first-order valence-corrected chi connectivity index (χ1v) is 11.4. The Morgan fingerprint density at radius 3 is 2.25 bits per heavy atom. The highest BCUT2D eigenvalue weighted by Gasteiger charge is 2.30. The van der Waals surface area contributed by atoms with Crippen LogP contribution in [0.5, 0.6) is 5.75 Å². The van der Waals surface area contributed by atoms with Crippen molar-refractivity contribution in [3.63, 3.8) is 0 Å². The Balaban J connectivity index is 1.59. The van der Waals surface area contributed by atoms with Crippen LogP contribution in [-0.4, -0.2) is 49.5 Å². The van der Waals surface area contributed by atoms with Gasteiger partial charge in [-0.15, -0.1) is 0 Å². The zero-order valence-corrected chi connectivity index (χ0v) is 20.0. The number of rotatable bonds is 6. The number of hydrogen-bond donors (Lipinski definition) is 1. The molecule has 0 radical (unpaired) electrons. The predicted molar refractivity (Wildman–Crippen MR) is 130 cm³/mol. The molecule has 7 heteroatoms. The van der Waals surface area contributed by atoms with Crippen molar-refractivity contribution in [1.82, 2.24) is 4.90 Å². The average molecular weight is 458 g/mol. The van der Waals surface area contributed by atoms with Crippen LogP contribution in [-0.2, 0) is 4.79 Å². The molecule has 0 unspecified atom stereocenters. The zero-order valence-electron chi connectivity index (χ0n) is 19.3. The number of ether oxygens (including phenoxy) is 1. The first-order chi connectivity index (χ1) is 15.2. The number of carbonyl (C=O) groups excluding carboxylic acids is 2. The van der Waals surface area contributed by atoms with E-state index in [0.717, 1.165) is 30.9 Å². The van der Waals surface area contributed by atoms with Gasteiger partial charge in [0, 0.05) is 42.8 Å². The predicted octanol–water partition coefficient (Wildman–Crippen LogP) is 5.08. The van der Waals surface area contributed by atoms with Gasteiger partial charge < -0.3 is 19.9 Å². The molecule has 2 amide bonds. The first-order valence-electron chi connectivity index (χ1n) is 11.1. The molecule has 1 heterocycles. The van der Waals surface area contributed by atoms with Gasteiger partial charge in [-0.1, -0.05) is 39.3 Å². The Bertz CT molecular complexity index is 946. The minimum atomic E-state index is -0.372. The summed E-state index contributed by atoms with van der Waals surface area (Å²) in [6.07, 6.45) is 0.934. The minimum absolute atomic E-state index is 0.172. The maximum Gasteiger partial charge on any atom is 0.255 e. The van der Waals surface area contributed by atoms with Gasteiger partial charge in [0.05, 0.1) is 17.3 Å². The summed E-state index contributed by atoms with van der Waals surface area (Å²) in [6, 6.07) is 12.6. The third-order valence-electron chi connectivity index (χ3n) is 5.34. The van der Waals surface area contributed by atoms with Crippen molar-refractivity contribution in [2.75, 3.05) is 43.0 Å². The third kappa shape index (κ3) is 5.94. The van der Waals surface area contributed by atoms with Crippen molar-refractivity contribution < 1.29 is 14.3 Å². The van der Waals surface area contributed by atoms with Gasteiger partial charge in [-0.05, 0) is 48.9 Å². The standard InChI is InChI=1S/C25H32ClN3O3/c1-5-16-32-20-9-6-18(7-10-20)23(30)27-19-8-11-22(21(26)17-19)28-12-14-29(15-13-28)24(31)25(2,3)4/h6-11,17H,5,12-16H2,1-4H3,(H,27,30). The van der Waals surface area contributed by atoms with Crippen molar-refractivity contribution in [3.8, 4) is 5.75 Å². The van der Waals surface area contributed by atoms with Gasteiger partial charge >= 0.3 is 0 Å². The Hall–Kier alpha value is -2.73. The first kappa shape index (κ1) is 23.9. The van der Waals surface area contributed by atoms with Gasteiger partial charge in [0.1, 0.15) is 5.75 Å². The molecule has 0 atom stereocenters. The van der Waals surface area contributed by atoms with E-state index in [4.69, 9.17) is 16.3 Å². The van der Waals surface area contributed by atoms with E-state index in [0.29, 0.717) is 36.0 Å².